The fraction of sp³-hybridized carbons (Fsp3) is 0.154. The molecule has 2 aromatic carbocycles. The van der Waals surface area contributed by atoms with Crippen LogP contribution in [0, 0.1) is 23.6 Å². The zero-order valence-corrected chi connectivity index (χ0v) is 18.9. The van der Waals surface area contributed by atoms with E-state index in [9.17, 15) is 4.39 Å². The van der Waals surface area contributed by atoms with Gasteiger partial charge in [-0.25, -0.2) is 9.38 Å². The first-order chi connectivity index (χ1) is 15.8. The van der Waals surface area contributed by atoms with Crippen LogP contribution in [0.4, 0.5) is 10.1 Å². The van der Waals surface area contributed by atoms with E-state index in [1.807, 2.05) is 38.1 Å². The van der Waals surface area contributed by atoms with Crippen LogP contribution in [-0.4, -0.2) is 27.9 Å². The molecule has 6 nitrogen and oxygen atoms in total. The maximum Gasteiger partial charge on any atom is 0.241 e. The standard InChI is InChI=1S/C26H26FN5O/c1-17(2)25(30-24-10-9-22(27)13-18(24)3)20-7-5-19(6-8-20)16-33-26-23(15-32(4)31-26)21(14-29)11-12-28/h5-15,28-29H,1,16H2,2-4H3/b21-11+,28-12?,29-14?,30-25?. The molecule has 0 atom stereocenters. The van der Waals surface area contributed by atoms with E-state index in [4.69, 9.17) is 20.5 Å². The summed E-state index contributed by atoms with van der Waals surface area (Å²) in [7, 11) is 1.78. The molecule has 168 valence electrons. The first-order valence-corrected chi connectivity index (χ1v) is 10.3. The van der Waals surface area contributed by atoms with Gasteiger partial charge in [-0.1, -0.05) is 30.8 Å². The highest BCUT2D eigenvalue weighted by Crippen LogP contribution is 2.25. The summed E-state index contributed by atoms with van der Waals surface area (Å²) in [5.41, 5.74) is 6.02. The molecule has 3 aromatic rings. The summed E-state index contributed by atoms with van der Waals surface area (Å²) < 4.78 is 20.9. The van der Waals surface area contributed by atoms with Crippen LogP contribution < -0.4 is 4.74 Å². The third-order valence-electron chi connectivity index (χ3n) is 4.92. The van der Waals surface area contributed by atoms with Crippen LogP contribution in [0.15, 0.2) is 71.9 Å². The van der Waals surface area contributed by atoms with Crippen molar-refractivity contribution in [1.82, 2.24) is 9.78 Å². The quantitative estimate of drug-likeness (QED) is 0.408. The number of hydrogen-bond acceptors (Lipinski definition) is 5. The van der Waals surface area contributed by atoms with E-state index >= 15 is 0 Å². The Balaban J connectivity index is 1.81. The molecular weight excluding hydrogens is 417 g/mol. The van der Waals surface area contributed by atoms with Crippen LogP contribution in [0.5, 0.6) is 5.88 Å². The summed E-state index contributed by atoms with van der Waals surface area (Å²) in [6.07, 6.45) is 5.58. The van der Waals surface area contributed by atoms with Crippen molar-refractivity contribution in [2.24, 2.45) is 12.0 Å². The van der Waals surface area contributed by atoms with Crippen molar-refractivity contribution in [3.8, 4) is 5.88 Å². The number of halogens is 1. The number of aryl methyl sites for hydroxylation is 2. The second-order valence-corrected chi connectivity index (χ2v) is 7.61. The summed E-state index contributed by atoms with van der Waals surface area (Å²) >= 11 is 0. The van der Waals surface area contributed by atoms with Gasteiger partial charge in [-0.3, -0.25) is 4.68 Å². The third kappa shape index (κ3) is 5.77. The molecule has 3 rings (SSSR count). The van der Waals surface area contributed by atoms with Gasteiger partial charge in [0.15, 0.2) is 0 Å². The number of ether oxygens (including phenoxy) is 1. The van der Waals surface area contributed by atoms with E-state index in [-0.39, 0.29) is 12.4 Å². The summed E-state index contributed by atoms with van der Waals surface area (Å²) in [6, 6.07) is 12.3. The molecule has 0 unspecified atom stereocenters. The van der Waals surface area contributed by atoms with Crippen molar-refractivity contribution in [2.45, 2.75) is 20.5 Å². The average Bonchev–Trinajstić information content (AvgIpc) is 3.16. The van der Waals surface area contributed by atoms with E-state index in [2.05, 4.69) is 11.7 Å². The summed E-state index contributed by atoms with van der Waals surface area (Å²) in [6.45, 7) is 8.05. The number of nitrogens with one attached hydrogen (secondary N) is 2. The maximum atomic E-state index is 13.4. The van der Waals surface area contributed by atoms with Crippen molar-refractivity contribution in [3.63, 3.8) is 0 Å². The van der Waals surface area contributed by atoms with Crippen molar-refractivity contribution < 1.29 is 9.13 Å². The molecule has 33 heavy (non-hydrogen) atoms. The second kappa shape index (κ2) is 10.5. The molecule has 0 radical (unpaired) electrons. The van der Waals surface area contributed by atoms with Crippen molar-refractivity contribution in [2.75, 3.05) is 0 Å². The van der Waals surface area contributed by atoms with Crippen molar-refractivity contribution >= 4 is 29.4 Å². The van der Waals surface area contributed by atoms with Gasteiger partial charge < -0.3 is 15.6 Å². The second-order valence-electron chi connectivity index (χ2n) is 7.61. The third-order valence-corrected chi connectivity index (χ3v) is 4.92. The minimum Gasteiger partial charge on any atom is -0.471 e. The lowest BCUT2D eigenvalue weighted by atomic mass is 10.0. The van der Waals surface area contributed by atoms with E-state index in [1.54, 1.807) is 24.0 Å². The van der Waals surface area contributed by atoms with Crippen LogP contribution in [0.3, 0.4) is 0 Å². The number of aromatic nitrogens is 2. The monoisotopic (exact) mass is 443 g/mol. The lowest BCUT2D eigenvalue weighted by Gasteiger charge is -2.10. The topological polar surface area (TPSA) is 87.1 Å². The molecule has 2 N–H and O–H groups in total. The van der Waals surface area contributed by atoms with E-state index in [0.29, 0.717) is 22.7 Å². The van der Waals surface area contributed by atoms with Gasteiger partial charge in [0.1, 0.15) is 12.4 Å². The molecule has 7 heteroatoms. The lowest BCUT2D eigenvalue weighted by molar-refractivity contribution is 0.290. The van der Waals surface area contributed by atoms with E-state index in [0.717, 1.165) is 34.2 Å². The Hall–Kier alpha value is -4.13. The highest BCUT2D eigenvalue weighted by Gasteiger charge is 2.13. The Morgan fingerprint density at radius 3 is 2.55 bits per heavy atom. The SMILES string of the molecule is C=C(C)C(=Nc1ccc(F)cc1C)c1ccc(COc2nn(C)cc2/C(C=N)=C/C=N)cc1. The van der Waals surface area contributed by atoms with Gasteiger partial charge >= 0.3 is 0 Å². The van der Waals surface area contributed by atoms with Gasteiger partial charge in [0.25, 0.3) is 0 Å². The number of aliphatic imine (C=N–C) groups is 1. The first-order valence-electron chi connectivity index (χ1n) is 10.3. The van der Waals surface area contributed by atoms with Gasteiger partial charge in [0.2, 0.25) is 5.88 Å². The summed E-state index contributed by atoms with van der Waals surface area (Å²) in [5.74, 6) is 0.110. The average molecular weight is 444 g/mol. The zero-order chi connectivity index (χ0) is 24.0. The molecule has 0 bridgehead atoms. The van der Waals surface area contributed by atoms with E-state index < -0.39 is 0 Å². The van der Waals surface area contributed by atoms with Crippen molar-refractivity contribution in [3.05, 3.63) is 95.0 Å². The molecule has 0 spiro atoms. The normalized spacial score (nSPS) is 11.9. The molecule has 0 saturated heterocycles. The first kappa shape index (κ1) is 23.5. The summed E-state index contributed by atoms with van der Waals surface area (Å²) in [5, 5.41) is 19.2. The smallest absolute Gasteiger partial charge is 0.241 e. The Morgan fingerprint density at radius 2 is 1.94 bits per heavy atom. The van der Waals surface area contributed by atoms with Crippen LogP contribution in [0.2, 0.25) is 0 Å². The Morgan fingerprint density at radius 1 is 1.21 bits per heavy atom. The molecular formula is C26H26FN5O. The molecule has 0 aliphatic heterocycles. The van der Waals surface area contributed by atoms with Gasteiger partial charge in [-0.05, 0) is 54.8 Å². The molecule has 0 fully saturated rings. The predicted octanol–water partition coefficient (Wildman–Crippen LogP) is 5.83. The molecule has 0 saturated carbocycles. The number of rotatable bonds is 9. The highest BCUT2D eigenvalue weighted by molar-refractivity contribution is 6.13. The van der Waals surface area contributed by atoms with Crippen LogP contribution in [0.1, 0.15) is 29.2 Å². The van der Waals surface area contributed by atoms with Gasteiger partial charge in [-0.2, -0.15) is 0 Å². The van der Waals surface area contributed by atoms with E-state index in [1.165, 1.54) is 24.4 Å². The van der Waals surface area contributed by atoms with Gasteiger partial charge in [-0.15, -0.1) is 5.10 Å². The minimum absolute atomic E-state index is 0.287. The summed E-state index contributed by atoms with van der Waals surface area (Å²) in [4.78, 5) is 4.71. The zero-order valence-electron chi connectivity index (χ0n) is 18.9. The molecule has 1 aromatic heterocycles. The fourth-order valence-corrected chi connectivity index (χ4v) is 3.26. The Bertz CT molecular complexity index is 1250. The molecule has 0 aliphatic rings. The fourth-order valence-electron chi connectivity index (χ4n) is 3.26. The van der Waals surface area contributed by atoms with Crippen LogP contribution in [0.25, 0.3) is 5.57 Å². The molecule has 1 heterocycles. The highest BCUT2D eigenvalue weighted by atomic mass is 19.1. The van der Waals surface area contributed by atoms with Crippen LogP contribution >= 0.6 is 0 Å². The number of allylic oxidation sites excluding steroid dienone is 3. The largest absolute Gasteiger partial charge is 0.471 e. The van der Waals surface area contributed by atoms with Gasteiger partial charge in [0, 0.05) is 36.8 Å². The molecule has 0 amide bonds. The Labute approximate surface area is 192 Å². The minimum atomic E-state index is -0.287. The van der Waals surface area contributed by atoms with Crippen LogP contribution in [-0.2, 0) is 13.7 Å². The number of hydrogen-bond donors (Lipinski definition) is 2. The number of benzene rings is 2. The van der Waals surface area contributed by atoms with Crippen molar-refractivity contribution in [1.29, 1.82) is 10.8 Å². The predicted molar refractivity (Wildman–Crippen MR) is 132 cm³/mol. The van der Waals surface area contributed by atoms with Gasteiger partial charge in [0.05, 0.1) is 17.0 Å². The number of nitrogens with zero attached hydrogens (tertiary/aromatic N) is 3. The maximum absolute atomic E-state index is 13.4. The molecule has 0 aliphatic carbocycles. The lowest BCUT2D eigenvalue weighted by Crippen LogP contribution is -2.03. The Kier molecular flexibility index (Phi) is 7.46.